The van der Waals surface area contributed by atoms with E-state index in [9.17, 15) is 4.21 Å². The van der Waals surface area contributed by atoms with E-state index in [4.69, 9.17) is 0 Å². The molecule has 0 radical (unpaired) electrons. The van der Waals surface area contributed by atoms with Crippen molar-refractivity contribution in [2.24, 2.45) is 0 Å². The molecule has 0 amide bonds. The molecule has 1 N–H and O–H groups in total. The molecule has 2 unspecified atom stereocenters. The minimum Gasteiger partial charge on any atom is -0.317 e. The lowest BCUT2D eigenvalue weighted by Gasteiger charge is -2.10. The lowest BCUT2D eigenvalue weighted by Crippen LogP contribution is -2.23. The second-order valence-electron chi connectivity index (χ2n) is 4.76. The fourth-order valence-corrected chi connectivity index (χ4v) is 3.16. The van der Waals surface area contributed by atoms with Gasteiger partial charge in [0.25, 0.3) is 0 Å². The van der Waals surface area contributed by atoms with Gasteiger partial charge in [-0.2, -0.15) is 0 Å². The van der Waals surface area contributed by atoms with Crippen LogP contribution in [-0.2, 0) is 16.6 Å². The van der Waals surface area contributed by atoms with Crippen LogP contribution in [0.1, 0.15) is 30.0 Å². The third-order valence-corrected chi connectivity index (χ3v) is 4.23. The maximum absolute atomic E-state index is 11.9. The second kappa shape index (κ2) is 6.92. The van der Waals surface area contributed by atoms with E-state index >= 15 is 0 Å². The molecule has 1 aromatic carbocycles. The predicted molar refractivity (Wildman–Crippen MR) is 75.8 cm³/mol. The summed E-state index contributed by atoms with van der Waals surface area (Å²) < 4.78 is 11.9. The maximum atomic E-state index is 11.9. The molecule has 1 rings (SSSR count). The molecule has 17 heavy (non-hydrogen) atoms. The van der Waals surface area contributed by atoms with Gasteiger partial charge in [0.1, 0.15) is 0 Å². The SMILES string of the molecule is CNC(C)CCS(=O)Cc1cc(C)cc(C)c1. The van der Waals surface area contributed by atoms with Crippen molar-refractivity contribution in [1.82, 2.24) is 5.32 Å². The summed E-state index contributed by atoms with van der Waals surface area (Å²) in [5.74, 6) is 1.45. The fraction of sp³-hybridized carbons (Fsp3) is 0.571. The number of benzene rings is 1. The summed E-state index contributed by atoms with van der Waals surface area (Å²) >= 11 is 0. The Hall–Kier alpha value is -0.670. The van der Waals surface area contributed by atoms with Gasteiger partial charge in [0, 0.05) is 28.3 Å². The van der Waals surface area contributed by atoms with E-state index in [0.717, 1.165) is 12.2 Å². The maximum Gasteiger partial charge on any atom is 0.0485 e. The van der Waals surface area contributed by atoms with E-state index in [0.29, 0.717) is 11.8 Å². The number of rotatable bonds is 6. The highest BCUT2D eigenvalue weighted by molar-refractivity contribution is 7.84. The molecule has 0 spiro atoms. The van der Waals surface area contributed by atoms with Gasteiger partial charge in [0.15, 0.2) is 0 Å². The second-order valence-corrected chi connectivity index (χ2v) is 6.34. The molecule has 0 saturated carbocycles. The van der Waals surface area contributed by atoms with Crippen molar-refractivity contribution in [3.63, 3.8) is 0 Å². The normalized spacial score (nSPS) is 14.6. The molecule has 0 bridgehead atoms. The van der Waals surface area contributed by atoms with E-state index in [1.54, 1.807) is 0 Å². The van der Waals surface area contributed by atoms with Crippen LogP contribution in [0.2, 0.25) is 0 Å². The molecule has 2 atom stereocenters. The molecule has 96 valence electrons. The van der Waals surface area contributed by atoms with Crippen molar-refractivity contribution in [2.75, 3.05) is 12.8 Å². The molecule has 0 aliphatic rings. The minimum absolute atomic E-state index is 0.443. The first-order valence-corrected chi connectivity index (χ1v) is 7.59. The van der Waals surface area contributed by atoms with Gasteiger partial charge < -0.3 is 5.32 Å². The molecule has 0 aromatic heterocycles. The molecule has 0 aliphatic heterocycles. The number of hydrogen-bond donors (Lipinski definition) is 1. The Morgan fingerprint density at radius 2 is 1.82 bits per heavy atom. The first-order chi connectivity index (χ1) is 8.01. The Bertz CT molecular complexity index is 370. The molecule has 1 aromatic rings. The van der Waals surface area contributed by atoms with Crippen LogP contribution < -0.4 is 5.32 Å². The van der Waals surface area contributed by atoms with Gasteiger partial charge in [-0.25, -0.2) is 0 Å². The Labute approximate surface area is 107 Å². The van der Waals surface area contributed by atoms with Gasteiger partial charge in [-0.15, -0.1) is 0 Å². The van der Waals surface area contributed by atoms with Crippen molar-refractivity contribution in [3.8, 4) is 0 Å². The summed E-state index contributed by atoms with van der Waals surface area (Å²) in [6, 6.07) is 6.85. The fourth-order valence-electron chi connectivity index (χ4n) is 1.86. The molecule has 0 heterocycles. The summed E-state index contributed by atoms with van der Waals surface area (Å²) in [4.78, 5) is 0. The smallest absolute Gasteiger partial charge is 0.0485 e. The number of aryl methyl sites for hydroxylation is 2. The topological polar surface area (TPSA) is 29.1 Å². The van der Waals surface area contributed by atoms with Crippen LogP contribution in [-0.4, -0.2) is 23.1 Å². The highest BCUT2D eigenvalue weighted by Gasteiger charge is 2.05. The van der Waals surface area contributed by atoms with Crippen molar-refractivity contribution in [3.05, 3.63) is 34.9 Å². The van der Waals surface area contributed by atoms with Crippen LogP contribution in [0.15, 0.2) is 18.2 Å². The highest BCUT2D eigenvalue weighted by Crippen LogP contribution is 2.11. The summed E-state index contributed by atoms with van der Waals surface area (Å²) in [5, 5.41) is 3.17. The summed E-state index contributed by atoms with van der Waals surface area (Å²) in [6.45, 7) is 6.29. The minimum atomic E-state index is -0.750. The summed E-state index contributed by atoms with van der Waals surface area (Å²) in [7, 11) is 1.19. The monoisotopic (exact) mass is 253 g/mol. The predicted octanol–water partition coefficient (Wildman–Crippen LogP) is 2.55. The Balaban J connectivity index is 2.50. The van der Waals surface area contributed by atoms with Crippen LogP contribution in [0.4, 0.5) is 0 Å². The van der Waals surface area contributed by atoms with E-state index in [1.165, 1.54) is 16.7 Å². The van der Waals surface area contributed by atoms with Crippen LogP contribution >= 0.6 is 0 Å². The number of hydrogen-bond acceptors (Lipinski definition) is 2. The Morgan fingerprint density at radius 3 is 2.35 bits per heavy atom. The first-order valence-electron chi connectivity index (χ1n) is 6.10. The van der Waals surface area contributed by atoms with Gasteiger partial charge in [-0.3, -0.25) is 4.21 Å². The van der Waals surface area contributed by atoms with Crippen LogP contribution in [0.3, 0.4) is 0 Å². The van der Waals surface area contributed by atoms with Gasteiger partial charge in [0.05, 0.1) is 0 Å². The standard InChI is InChI=1S/C14H23NOS/c1-11-7-12(2)9-14(8-11)10-17(16)6-5-13(3)15-4/h7-9,13,15H,5-6,10H2,1-4H3. The Morgan fingerprint density at radius 1 is 1.24 bits per heavy atom. The van der Waals surface area contributed by atoms with Crippen molar-refractivity contribution < 1.29 is 4.21 Å². The third-order valence-electron chi connectivity index (χ3n) is 2.88. The quantitative estimate of drug-likeness (QED) is 0.844. The van der Waals surface area contributed by atoms with E-state index in [2.05, 4.69) is 44.3 Å². The average molecular weight is 253 g/mol. The summed E-state index contributed by atoms with van der Waals surface area (Å²) in [6.07, 6.45) is 0.966. The highest BCUT2D eigenvalue weighted by atomic mass is 32.2. The van der Waals surface area contributed by atoms with Gasteiger partial charge in [-0.1, -0.05) is 29.3 Å². The number of nitrogens with one attached hydrogen (secondary N) is 1. The zero-order valence-corrected chi connectivity index (χ0v) is 12.1. The lowest BCUT2D eigenvalue weighted by atomic mass is 10.1. The molecule has 3 heteroatoms. The molecular weight excluding hydrogens is 230 g/mol. The van der Waals surface area contributed by atoms with Crippen molar-refractivity contribution in [2.45, 2.75) is 39.0 Å². The average Bonchev–Trinajstić information content (AvgIpc) is 2.24. The van der Waals surface area contributed by atoms with Crippen LogP contribution in [0, 0.1) is 13.8 Å². The zero-order valence-electron chi connectivity index (χ0n) is 11.2. The lowest BCUT2D eigenvalue weighted by molar-refractivity contribution is 0.591. The van der Waals surface area contributed by atoms with E-state index in [-0.39, 0.29) is 0 Å². The van der Waals surface area contributed by atoms with E-state index < -0.39 is 10.8 Å². The molecule has 0 saturated heterocycles. The molecule has 0 fully saturated rings. The first kappa shape index (κ1) is 14.4. The van der Waals surface area contributed by atoms with Crippen molar-refractivity contribution >= 4 is 10.8 Å². The third kappa shape index (κ3) is 5.46. The Kier molecular flexibility index (Phi) is 5.86. The van der Waals surface area contributed by atoms with Gasteiger partial charge in [0.2, 0.25) is 0 Å². The van der Waals surface area contributed by atoms with Crippen LogP contribution in [0.5, 0.6) is 0 Å². The van der Waals surface area contributed by atoms with Crippen molar-refractivity contribution in [1.29, 1.82) is 0 Å². The van der Waals surface area contributed by atoms with Crippen LogP contribution in [0.25, 0.3) is 0 Å². The van der Waals surface area contributed by atoms with E-state index in [1.807, 2.05) is 7.05 Å². The molecule has 0 aliphatic carbocycles. The van der Waals surface area contributed by atoms with Gasteiger partial charge >= 0.3 is 0 Å². The largest absolute Gasteiger partial charge is 0.317 e. The molecule has 2 nitrogen and oxygen atoms in total. The zero-order chi connectivity index (χ0) is 12.8. The summed E-state index contributed by atoms with van der Waals surface area (Å²) in [5.41, 5.74) is 3.69. The molecular formula is C14H23NOS. The van der Waals surface area contributed by atoms with Gasteiger partial charge in [-0.05, 0) is 39.8 Å².